The molecule has 5 nitrogen and oxygen atoms in total. The van der Waals surface area contributed by atoms with Crippen molar-refractivity contribution in [2.75, 3.05) is 0 Å². The van der Waals surface area contributed by atoms with Crippen LogP contribution in [-0.4, -0.2) is 21.2 Å². The van der Waals surface area contributed by atoms with Gasteiger partial charge in [0.2, 0.25) is 0 Å². The minimum absolute atomic E-state index is 0.362. The predicted molar refractivity (Wildman–Crippen MR) is 89.4 cm³/mol. The lowest BCUT2D eigenvalue weighted by atomic mass is 10.2. The molecule has 1 aromatic carbocycles. The molecule has 1 amide bonds. The van der Waals surface area contributed by atoms with Gasteiger partial charge in [-0.15, -0.1) is 0 Å². The van der Waals surface area contributed by atoms with Crippen molar-refractivity contribution >= 4 is 28.7 Å². The molecule has 0 unspecified atom stereocenters. The van der Waals surface area contributed by atoms with Gasteiger partial charge in [-0.05, 0) is 67.6 Å². The lowest BCUT2D eigenvalue weighted by molar-refractivity contribution is 0.0522. The van der Waals surface area contributed by atoms with Gasteiger partial charge in [0.05, 0.1) is 24.8 Å². The summed E-state index contributed by atoms with van der Waals surface area (Å²) in [6, 6.07) is 8.09. The normalized spacial score (nSPS) is 11.2. The molecule has 0 saturated heterocycles. The van der Waals surface area contributed by atoms with Crippen LogP contribution in [0.5, 0.6) is 0 Å². The maximum absolute atomic E-state index is 11.7. The summed E-state index contributed by atoms with van der Waals surface area (Å²) in [6.07, 6.45) is 3.03. The Hall–Kier alpha value is -1.57. The van der Waals surface area contributed by atoms with Gasteiger partial charge < -0.3 is 14.6 Å². The van der Waals surface area contributed by atoms with Crippen LogP contribution in [-0.2, 0) is 11.3 Å². The number of nitrogens with zero attached hydrogens (tertiary/aromatic N) is 2. The Morgan fingerprint density at radius 1 is 1.33 bits per heavy atom. The first-order chi connectivity index (χ1) is 9.85. The van der Waals surface area contributed by atoms with Crippen LogP contribution in [0.25, 0.3) is 5.69 Å². The first-order valence-electron chi connectivity index (χ1n) is 6.59. The van der Waals surface area contributed by atoms with E-state index in [0.717, 1.165) is 11.4 Å². The highest BCUT2D eigenvalue weighted by molar-refractivity contribution is 14.1. The number of hydrogen-bond acceptors (Lipinski definition) is 3. The molecular weight excluding hydrogens is 381 g/mol. The SMILES string of the molecule is CC(C)(C)OC(=O)NCc1cncn1-c1ccc(I)cc1. The lowest BCUT2D eigenvalue weighted by Gasteiger charge is -2.19. The number of benzene rings is 1. The number of halogens is 1. The van der Waals surface area contributed by atoms with E-state index < -0.39 is 11.7 Å². The van der Waals surface area contributed by atoms with E-state index in [1.165, 1.54) is 3.57 Å². The third kappa shape index (κ3) is 4.73. The summed E-state index contributed by atoms with van der Waals surface area (Å²) in [5.41, 5.74) is 1.40. The molecule has 0 aliphatic heterocycles. The average molecular weight is 399 g/mol. The fraction of sp³-hybridized carbons (Fsp3) is 0.333. The van der Waals surface area contributed by atoms with E-state index >= 15 is 0 Å². The van der Waals surface area contributed by atoms with E-state index in [9.17, 15) is 4.79 Å². The zero-order chi connectivity index (χ0) is 15.5. The number of carbonyl (C=O) groups excluding carboxylic acids is 1. The second-order valence-corrected chi connectivity index (χ2v) is 6.83. The van der Waals surface area contributed by atoms with Crippen molar-refractivity contribution in [2.45, 2.75) is 32.9 Å². The first kappa shape index (κ1) is 15.8. The van der Waals surface area contributed by atoms with Crippen LogP contribution < -0.4 is 5.32 Å². The number of hydrogen-bond donors (Lipinski definition) is 1. The summed E-state index contributed by atoms with van der Waals surface area (Å²) in [5, 5.41) is 2.74. The molecule has 2 aromatic rings. The quantitative estimate of drug-likeness (QED) is 0.804. The summed E-state index contributed by atoms with van der Waals surface area (Å²) < 4.78 is 8.33. The molecule has 0 atom stereocenters. The van der Waals surface area contributed by atoms with E-state index in [0.29, 0.717) is 6.54 Å². The molecule has 0 spiro atoms. The van der Waals surface area contributed by atoms with Gasteiger partial charge in [-0.1, -0.05) is 0 Å². The second kappa shape index (κ2) is 6.46. The van der Waals surface area contributed by atoms with Gasteiger partial charge in [0.15, 0.2) is 0 Å². The fourth-order valence-electron chi connectivity index (χ4n) is 1.76. The second-order valence-electron chi connectivity index (χ2n) is 5.59. The van der Waals surface area contributed by atoms with Crippen molar-refractivity contribution in [2.24, 2.45) is 0 Å². The van der Waals surface area contributed by atoms with Gasteiger partial charge in [0, 0.05) is 9.26 Å². The van der Waals surface area contributed by atoms with Crippen LogP contribution in [0, 0.1) is 3.57 Å². The van der Waals surface area contributed by atoms with Crippen LogP contribution in [0.15, 0.2) is 36.8 Å². The molecule has 0 radical (unpaired) electrons. The van der Waals surface area contributed by atoms with Gasteiger partial charge in [-0.25, -0.2) is 9.78 Å². The summed E-state index contributed by atoms with van der Waals surface area (Å²) in [4.78, 5) is 15.8. The van der Waals surface area contributed by atoms with Gasteiger partial charge >= 0.3 is 6.09 Å². The number of amides is 1. The monoisotopic (exact) mass is 399 g/mol. The highest BCUT2D eigenvalue weighted by Crippen LogP contribution is 2.14. The molecule has 0 aliphatic rings. The van der Waals surface area contributed by atoms with Gasteiger partial charge in [-0.3, -0.25) is 0 Å². The zero-order valence-corrected chi connectivity index (χ0v) is 14.4. The molecular formula is C15H18IN3O2. The van der Waals surface area contributed by atoms with Crippen LogP contribution in [0.3, 0.4) is 0 Å². The van der Waals surface area contributed by atoms with E-state index in [-0.39, 0.29) is 0 Å². The van der Waals surface area contributed by atoms with E-state index in [2.05, 4.69) is 32.9 Å². The minimum Gasteiger partial charge on any atom is -0.444 e. The van der Waals surface area contributed by atoms with E-state index in [1.807, 2.05) is 49.6 Å². The summed E-state index contributed by atoms with van der Waals surface area (Å²) in [6.45, 7) is 5.87. The molecule has 1 heterocycles. The number of nitrogens with one attached hydrogen (secondary N) is 1. The highest BCUT2D eigenvalue weighted by atomic mass is 127. The zero-order valence-electron chi connectivity index (χ0n) is 12.3. The highest BCUT2D eigenvalue weighted by Gasteiger charge is 2.16. The number of rotatable bonds is 3. The number of imidazole rings is 1. The van der Waals surface area contributed by atoms with Crippen LogP contribution >= 0.6 is 22.6 Å². The molecule has 0 saturated carbocycles. The molecule has 6 heteroatoms. The van der Waals surface area contributed by atoms with Gasteiger partial charge in [0.1, 0.15) is 5.60 Å². The molecule has 21 heavy (non-hydrogen) atoms. The van der Waals surface area contributed by atoms with Crippen LogP contribution in [0.2, 0.25) is 0 Å². The average Bonchev–Trinajstić information content (AvgIpc) is 2.83. The summed E-state index contributed by atoms with van der Waals surface area (Å²) in [5.74, 6) is 0. The Morgan fingerprint density at radius 2 is 2.00 bits per heavy atom. The van der Waals surface area contributed by atoms with E-state index in [1.54, 1.807) is 12.5 Å². The molecule has 0 aliphatic carbocycles. The molecule has 112 valence electrons. The molecule has 1 N–H and O–H groups in total. The van der Waals surface area contributed by atoms with Crippen molar-refractivity contribution in [3.63, 3.8) is 0 Å². The maximum Gasteiger partial charge on any atom is 0.407 e. The van der Waals surface area contributed by atoms with Crippen molar-refractivity contribution in [1.82, 2.24) is 14.9 Å². The number of ether oxygens (including phenoxy) is 1. The maximum atomic E-state index is 11.7. The van der Waals surface area contributed by atoms with Crippen molar-refractivity contribution in [1.29, 1.82) is 0 Å². The topological polar surface area (TPSA) is 56.1 Å². The Bertz CT molecular complexity index is 615. The van der Waals surface area contributed by atoms with Gasteiger partial charge in [0.25, 0.3) is 0 Å². The third-order valence-electron chi connectivity index (χ3n) is 2.63. The fourth-order valence-corrected chi connectivity index (χ4v) is 2.12. The first-order valence-corrected chi connectivity index (χ1v) is 7.67. The lowest BCUT2D eigenvalue weighted by Crippen LogP contribution is -2.32. The largest absolute Gasteiger partial charge is 0.444 e. The Kier molecular flexibility index (Phi) is 4.87. The molecule has 0 fully saturated rings. The number of carbonyl (C=O) groups is 1. The Balaban J connectivity index is 2.04. The summed E-state index contributed by atoms with van der Waals surface area (Å²) in [7, 11) is 0. The van der Waals surface area contributed by atoms with Crippen LogP contribution in [0.4, 0.5) is 4.79 Å². The third-order valence-corrected chi connectivity index (χ3v) is 3.35. The van der Waals surface area contributed by atoms with Gasteiger partial charge in [-0.2, -0.15) is 0 Å². The van der Waals surface area contributed by atoms with Crippen molar-refractivity contribution in [3.8, 4) is 5.69 Å². The van der Waals surface area contributed by atoms with E-state index in [4.69, 9.17) is 4.74 Å². The Morgan fingerprint density at radius 3 is 2.62 bits per heavy atom. The Labute approximate surface area is 137 Å². The smallest absolute Gasteiger partial charge is 0.407 e. The number of alkyl carbamates (subject to hydrolysis) is 1. The minimum atomic E-state index is -0.500. The van der Waals surface area contributed by atoms with Crippen molar-refractivity contribution < 1.29 is 9.53 Å². The number of aromatic nitrogens is 2. The van der Waals surface area contributed by atoms with Crippen molar-refractivity contribution in [3.05, 3.63) is 46.1 Å². The molecule has 0 bridgehead atoms. The summed E-state index contributed by atoms with van der Waals surface area (Å²) >= 11 is 2.26. The predicted octanol–water partition coefficient (Wildman–Crippen LogP) is 3.50. The molecule has 1 aromatic heterocycles. The van der Waals surface area contributed by atoms with Crippen LogP contribution in [0.1, 0.15) is 26.5 Å². The molecule has 2 rings (SSSR count). The standard InChI is InChI=1S/C15H18IN3O2/c1-15(2,3)21-14(20)18-9-13-8-17-10-19(13)12-6-4-11(16)5-7-12/h4-8,10H,9H2,1-3H3,(H,18,20).